The molecule has 1 N–H and O–H groups in total. The minimum absolute atomic E-state index is 0.758. The molecular formula is C16H27N3. The molecule has 1 atom stereocenters. The Bertz CT molecular complexity index is 350. The lowest BCUT2D eigenvalue weighted by Crippen LogP contribution is -2.40. The Balaban J connectivity index is 1.65. The molecule has 1 saturated heterocycles. The molecule has 0 bridgehead atoms. The van der Waals surface area contributed by atoms with E-state index in [4.69, 9.17) is 0 Å². The summed E-state index contributed by atoms with van der Waals surface area (Å²) in [5.41, 5.74) is 1.37. The first-order valence-corrected chi connectivity index (χ1v) is 7.39. The highest BCUT2D eigenvalue weighted by molar-refractivity contribution is 5.14. The van der Waals surface area contributed by atoms with Gasteiger partial charge in [-0.15, -0.1) is 0 Å². The summed E-state index contributed by atoms with van der Waals surface area (Å²) in [6.45, 7) is 5.70. The van der Waals surface area contributed by atoms with E-state index in [-0.39, 0.29) is 0 Å². The third kappa shape index (κ3) is 4.94. The molecule has 0 aromatic heterocycles. The van der Waals surface area contributed by atoms with Gasteiger partial charge in [-0.1, -0.05) is 30.3 Å². The molecule has 1 aromatic rings. The van der Waals surface area contributed by atoms with E-state index < -0.39 is 0 Å². The number of hydrogen-bond donors (Lipinski definition) is 1. The van der Waals surface area contributed by atoms with Crippen molar-refractivity contribution in [1.29, 1.82) is 0 Å². The van der Waals surface area contributed by atoms with Crippen LogP contribution in [-0.2, 0) is 6.54 Å². The van der Waals surface area contributed by atoms with Crippen LogP contribution in [0.1, 0.15) is 18.4 Å². The molecule has 1 fully saturated rings. The first-order chi connectivity index (χ1) is 9.25. The molecule has 0 amide bonds. The molecule has 0 radical (unpaired) electrons. The van der Waals surface area contributed by atoms with Crippen LogP contribution in [0.25, 0.3) is 0 Å². The van der Waals surface area contributed by atoms with Gasteiger partial charge >= 0.3 is 0 Å². The van der Waals surface area contributed by atoms with Gasteiger partial charge in [0.1, 0.15) is 0 Å². The Morgan fingerprint density at radius 1 is 1.26 bits per heavy atom. The second kappa shape index (κ2) is 7.63. The van der Waals surface area contributed by atoms with E-state index in [1.165, 1.54) is 38.0 Å². The molecule has 0 saturated carbocycles. The van der Waals surface area contributed by atoms with E-state index in [1.807, 2.05) is 0 Å². The van der Waals surface area contributed by atoms with Gasteiger partial charge < -0.3 is 10.2 Å². The number of benzene rings is 1. The Hall–Kier alpha value is -0.900. The molecule has 2 rings (SSSR count). The molecule has 3 nitrogen and oxygen atoms in total. The summed E-state index contributed by atoms with van der Waals surface area (Å²) in [6, 6.07) is 11.4. The van der Waals surface area contributed by atoms with Gasteiger partial charge in [-0.05, 0) is 39.0 Å². The molecular weight excluding hydrogens is 234 g/mol. The van der Waals surface area contributed by atoms with Gasteiger partial charge in [0.25, 0.3) is 0 Å². The van der Waals surface area contributed by atoms with Gasteiger partial charge in [0.05, 0.1) is 0 Å². The van der Waals surface area contributed by atoms with Crippen molar-refractivity contribution in [2.75, 3.05) is 40.3 Å². The van der Waals surface area contributed by atoms with Crippen molar-refractivity contribution < 1.29 is 0 Å². The summed E-state index contributed by atoms with van der Waals surface area (Å²) in [4.78, 5) is 4.94. The van der Waals surface area contributed by atoms with Crippen LogP contribution in [-0.4, -0.2) is 56.1 Å². The van der Waals surface area contributed by atoms with Crippen molar-refractivity contribution >= 4 is 0 Å². The van der Waals surface area contributed by atoms with Crippen LogP contribution < -0.4 is 5.32 Å². The van der Waals surface area contributed by atoms with Crippen LogP contribution in [0.5, 0.6) is 0 Å². The summed E-state index contributed by atoms with van der Waals surface area (Å²) >= 11 is 0. The first-order valence-electron chi connectivity index (χ1n) is 7.39. The number of nitrogens with one attached hydrogen (secondary N) is 1. The van der Waals surface area contributed by atoms with Crippen molar-refractivity contribution in [3.8, 4) is 0 Å². The molecule has 1 aromatic carbocycles. The van der Waals surface area contributed by atoms with Crippen molar-refractivity contribution in [1.82, 2.24) is 15.1 Å². The van der Waals surface area contributed by atoms with Crippen LogP contribution in [0.3, 0.4) is 0 Å². The maximum absolute atomic E-state index is 3.55. The van der Waals surface area contributed by atoms with Crippen LogP contribution >= 0.6 is 0 Å². The fraction of sp³-hybridized carbons (Fsp3) is 0.625. The number of likely N-dealkylation sites (N-methyl/N-ethyl adjacent to an activating group) is 1. The van der Waals surface area contributed by atoms with Gasteiger partial charge in [0, 0.05) is 32.2 Å². The second-order valence-corrected chi connectivity index (χ2v) is 5.76. The van der Waals surface area contributed by atoms with Crippen LogP contribution in [0.4, 0.5) is 0 Å². The standard InChI is InChI=1S/C16H27N3/c1-18(2)14-16-9-6-11-19(16)12-10-17-13-15-7-4-3-5-8-15/h3-5,7-8,16-17H,6,9-14H2,1-2H3. The minimum atomic E-state index is 0.758. The molecule has 3 heteroatoms. The molecule has 1 aliphatic rings. The number of hydrogen-bond acceptors (Lipinski definition) is 3. The summed E-state index contributed by atoms with van der Waals surface area (Å²) < 4.78 is 0. The smallest absolute Gasteiger partial charge is 0.0223 e. The van der Waals surface area contributed by atoms with Crippen LogP contribution in [0, 0.1) is 0 Å². The predicted molar refractivity (Wildman–Crippen MR) is 81.3 cm³/mol. The van der Waals surface area contributed by atoms with E-state index in [1.54, 1.807) is 0 Å². The zero-order valence-corrected chi connectivity index (χ0v) is 12.3. The Labute approximate surface area is 117 Å². The molecule has 0 spiro atoms. The summed E-state index contributed by atoms with van der Waals surface area (Å²) in [5, 5.41) is 3.55. The SMILES string of the molecule is CN(C)CC1CCCN1CCNCc1ccccc1. The maximum Gasteiger partial charge on any atom is 0.0223 e. The third-order valence-corrected chi connectivity index (χ3v) is 3.82. The summed E-state index contributed by atoms with van der Waals surface area (Å²) in [7, 11) is 4.34. The lowest BCUT2D eigenvalue weighted by Gasteiger charge is -2.27. The third-order valence-electron chi connectivity index (χ3n) is 3.82. The van der Waals surface area contributed by atoms with Crippen LogP contribution in [0.15, 0.2) is 30.3 Å². The summed E-state index contributed by atoms with van der Waals surface area (Å²) in [6.07, 6.45) is 2.72. The number of nitrogens with zero attached hydrogens (tertiary/aromatic N) is 2. The highest BCUT2D eigenvalue weighted by atomic mass is 15.2. The molecule has 106 valence electrons. The fourth-order valence-electron chi connectivity index (χ4n) is 2.87. The van der Waals surface area contributed by atoms with Gasteiger partial charge in [0.2, 0.25) is 0 Å². The van der Waals surface area contributed by atoms with E-state index in [2.05, 4.69) is 59.5 Å². The monoisotopic (exact) mass is 261 g/mol. The Kier molecular flexibility index (Phi) is 5.83. The van der Waals surface area contributed by atoms with Gasteiger partial charge in [-0.3, -0.25) is 4.90 Å². The Morgan fingerprint density at radius 3 is 2.79 bits per heavy atom. The summed E-state index contributed by atoms with van der Waals surface area (Å²) in [5.74, 6) is 0. The molecule has 1 unspecified atom stereocenters. The van der Waals surface area contributed by atoms with Gasteiger partial charge in [-0.2, -0.15) is 0 Å². The zero-order valence-electron chi connectivity index (χ0n) is 12.3. The first kappa shape index (κ1) is 14.5. The number of likely N-dealkylation sites (tertiary alicyclic amines) is 1. The van der Waals surface area contributed by atoms with E-state index in [0.717, 1.165) is 19.1 Å². The zero-order chi connectivity index (χ0) is 13.5. The maximum atomic E-state index is 3.55. The normalized spacial score (nSPS) is 20.3. The van der Waals surface area contributed by atoms with E-state index >= 15 is 0 Å². The topological polar surface area (TPSA) is 18.5 Å². The van der Waals surface area contributed by atoms with Gasteiger partial charge in [0.15, 0.2) is 0 Å². The van der Waals surface area contributed by atoms with E-state index in [9.17, 15) is 0 Å². The second-order valence-electron chi connectivity index (χ2n) is 5.76. The number of rotatable bonds is 7. The average molecular weight is 261 g/mol. The highest BCUT2D eigenvalue weighted by Crippen LogP contribution is 2.16. The molecule has 1 heterocycles. The fourth-order valence-corrected chi connectivity index (χ4v) is 2.87. The molecule has 0 aliphatic carbocycles. The van der Waals surface area contributed by atoms with Gasteiger partial charge in [-0.25, -0.2) is 0 Å². The lowest BCUT2D eigenvalue weighted by atomic mass is 10.2. The van der Waals surface area contributed by atoms with Crippen molar-refractivity contribution in [2.24, 2.45) is 0 Å². The van der Waals surface area contributed by atoms with E-state index in [0.29, 0.717) is 0 Å². The average Bonchev–Trinajstić information content (AvgIpc) is 2.82. The molecule has 1 aliphatic heterocycles. The largest absolute Gasteiger partial charge is 0.311 e. The van der Waals surface area contributed by atoms with Crippen molar-refractivity contribution in [3.63, 3.8) is 0 Å². The van der Waals surface area contributed by atoms with Crippen LogP contribution in [0.2, 0.25) is 0 Å². The quantitative estimate of drug-likeness (QED) is 0.755. The predicted octanol–water partition coefficient (Wildman–Crippen LogP) is 1.80. The van der Waals surface area contributed by atoms with Crippen molar-refractivity contribution in [2.45, 2.75) is 25.4 Å². The Morgan fingerprint density at radius 2 is 2.05 bits per heavy atom. The molecule has 19 heavy (non-hydrogen) atoms. The minimum Gasteiger partial charge on any atom is -0.311 e. The lowest BCUT2D eigenvalue weighted by molar-refractivity contribution is 0.208. The highest BCUT2D eigenvalue weighted by Gasteiger charge is 2.23. The van der Waals surface area contributed by atoms with Crippen molar-refractivity contribution in [3.05, 3.63) is 35.9 Å².